The molecule has 68 valence electrons. The zero-order chi connectivity index (χ0) is 9.56. The summed E-state index contributed by atoms with van der Waals surface area (Å²) < 4.78 is 0. The molecule has 0 saturated heterocycles. The van der Waals surface area contributed by atoms with E-state index in [9.17, 15) is 9.59 Å². The monoisotopic (exact) mass is 170 g/mol. The highest BCUT2D eigenvalue weighted by molar-refractivity contribution is 5.90. The van der Waals surface area contributed by atoms with Crippen LogP contribution in [0.2, 0.25) is 0 Å². The Morgan fingerprint density at radius 2 is 2.08 bits per heavy atom. The number of rotatable bonds is 3. The summed E-state index contributed by atoms with van der Waals surface area (Å²) in [5, 5.41) is 2.44. The second-order valence-corrected chi connectivity index (χ2v) is 2.37. The Bertz CT molecular complexity index is 199. The van der Waals surface area contributed by atoms with E-state index in [0.29, 0.717) is 0 Å². The number of allylic oxidation sites excluding steroid dienone is 1. The van der Waals surface area contributed by atoms with E-state index < -0.39 is 0 Å². The molecule has 0 aliphatic heterocycles. The van der Waals surface area contributed by atoms with Gasteiger partial charge in [-0.3, -0.25) is 9.59 Å². The van der Waals surface area contributed by atoms with Gasteiger partial charge in [0.1, 0.15) is 0 Å². The van der Waals surface area contributed by atoms with Crippen molar-refractivity contribution in [2.45, 2.75) is 6.92 Å². The van der Waals surface area contributed by atoms with Gasteiger partial charge in [-0.25, -0.2) is 0 Å². The van der Waals surface area contributed by atoms with E-state index in [2.05, 4.69) is 5.32 Å². The second-order valence-electron chi connectivity index (χ2n) is 2.37. The highest BCUT2D eigenvalue weighted by Gasteiger charge is 2.07. The molecule has 0 aliphatic carbocycles. The lowest BCUT2D eigenvalue weighted by Gasteiger charge is -2.13. The van der Waals surface area contributed by atoms with Crippen molar-refractivity contribution in [2.75, 3.05) is 20.6 Å². The van der Waals surface area contributed by atoms with Crippen molar-refractivity contribution in [1.82, 2.24) is 10.2 Å². The van der Waals surface area contributed by atoms with Crippen LogP contribution in [0.1, 0.15) is 6.92 Å². The summed E-state index contributed by atoms with van der Waals surface area (Å²) in [5.74, 6) is -0.337. The number of amides is 2. The van der Waals surface area contributed by atoms with Crippen molar-refractivity contribution in [2.24, 2.45) is 0 Å². The molecule has 0 saturated carbocycles. The van der Waals surface area contributed by atoms with Gasteiger partial charge in [0.05, 0.1) is 6.54 Å². The van der Waals surface area contributed by atoms with Gasteiger partial charge in [-0.1, -0.05) is 6.08 Å². The van der Waals surface area contributed by atoms with Crippen molar-refractivity contribution in [1.29, 1.82) is 0 Å². The summed E-state index contributed by atoms with van der Waals surface area (Å²) in [6.45, 7) is 1.85. The van der Waals surface area contributed by atoms with Crippen molar-refractivity contribution in [3.8, 4) is 0 Å². The van der Waals surface area contributed by atoms with Crippen LogP contribution in [0.4, 0.5) is 0 Å². The molecule has 0 atom stereocenters. The average molecular weight is 170 g/mol. The number of nitrogens with zero attached hydrogens (tertiary/aromatic N) is 1. The maximum absolute atomic E-state index is 11.1. The molecule has 0 bridgehead atoms. The lowest BCUT2D eigenvalue weighted by molar-refractivity contribution is -0.130. The molecule has 12 heavy (non-hydrogen) atoms. The van der Waals surface area contributed by atoms with Gasteiger partial charge in [-0.05, 0) is 13.0 Å². The van der Waals surface area contributed by atoms with Gasteiger partial charge >= 0.3 is 0 Å². The van der Waals surface area contributed by atoms with Crippen molar-refractivity contribution in [3.05, 3.63) is 12.2 Å². The lowest BCUT2D eigenvalue weighted by atomic mass is 10.4. The maximum Gasteiger partial charge on any atom is 0.246 e. The molecule has 0 unspecified atom stereocenters. The molecular formula is C8H14N2O2. The third-order valence-corrected chi connectivity index (χ3v) is 1.35. The van der Waals surface area contributed by atoms with Gasteiger partial charge in [-0.2, -0.15) is 0 Å². The fourth-order valence-electron chi connectivity index (χ4n) is 0.642. The molecule has 1 N–H and O–H groups in total. The molecule has 0 aliphatic rings. The van der Waals surface area contributed by atoms with Crippen LogP contribution in [0.25, 0.3) is 0 Å². The molecule has 4 nitrogen and oxygen atoms in total. The average Bonchev–Trinajstić information content (AvgIpc) is 2.04. The van der Waals surface area contributed by atoms with E-state index in [1.54, 1.807) is 20.0 Å². The summed E-state index contributed by atoms with van der Waals surface area (Å²) in [5.41, 5.74) is 0. The third kappa shape index (κ3) is 3.75. The van der Waals surface area contributed by atoms with E-state index in [-0.39, 0.29) is 18.4 Å². The molecule has 2 amide bonds. The minimum absolute atomic E-state index is 0.0969. The standard InChI is InChI=1S/C8H14N2O2/c1-4-5-8(12)10(3)6-7(11)9-2/h4-5H,6H2,1-3H3,(H,9,11)/b5-4+. The first-order chi connectivity index (χ1) is 5.61. The van der Waals surface area contributed by atoms with Gasteiger partial charge in [0.2, 0.25) is 11.8 Å². The molecule has 0 aromatic carbocycles. The van der Waals surface area contributed by atoms with E-state index in [1.165, 1.54) is 18.0 Å². The molecule has 0 heterocycles. The van der Waals surface area contributed by atoms with E-state index >= 15 is 0 Å². The van der Waals surface area contributed by atoms with Gasteiger partial charge in [0.15, 0.2) is 0 Å². The fourth-order valence-corrected chi connectivity index (χ4v) is 0.642. The predicted octanol–water partition coefficient (Wildman–Crippen LogP) is -0.233. The first-order valence-corrected chi connectivity index (χ1v) is 3.70. The molecule has 0 fully saturated rings. The molecule has 0 spiro atoms. The van der Waals surface area contributed by atoms with E-state index in [1.807, 2.05) is 0 Å². The van der Waals surface area contributed by atoms with Crippen LogP contribution in [-0.2, 0) is 9.59 Å². The SMILES string of the molecule is C/C=C/C(=O)N(C)CC(=O)NC. The van der Waals surface area contributed by atoms with Gasteiger partial charge in [0, 0.05) is 14.1 Å². The van der Waals surface area contributed by atoms with Gasteiger partial charge in [0.25, 0.3) is 0 Å². The molecule has 0 rings (SSSR count). The van der Waals surface area contributed by atoms with Gasteiger partial charge in [-0.15, -0.1) is 0 Å². The van der Waals surface area contributed by atoms with Crippen molar-refractivity contribution < 1.29 is 9.59 Å². The molecular weight excluding hydrogens is 156 g/mol. The third-order valence-electron chi connectivity index (χ3n) is 1.35. The highest BCUT2D eigenvalue weighted by atomic mass is 16.2. The number of hydrogen-bond acceptors (Lipinski definition) is 2. The van der Waals surface area contributed by atoms with E-state index in [0.717, 1.165) is 0 Å². The maximum atomic E-state index is 11.1. The number of hydrogen-bond donors (Lipinski definition) is 1. The topological polar surface area (TPSA) is 49.4 Å². The number of likely N-dealkylation sites (N-methyl/N-ethyl adjacent to an activating group) is 2. The summed E-state index contributed by atoms with van der Waals surface area (Å²) in [6, 6.07) is 0. The Morgan fingerprint density at radius 3 is 2.50 bits per heavy atom. The highest BCUT2D eigenvalue weighted by Crippen LogP contribution is 1.86. The zero-order valence-corrected chi connectivity index (χ0v) is 7.63. The van der Waals surface area contributed by atoms with E-state index in [4.69, 9.17) is 0 Å². The van der Waals surface area contributed by atoms with Crippen LogP contribution < -0.4 is 5.32 Å². The second kappa shape index (κ2) is 5.35. The molecule has 0 aromatic heterocycles. The minimum atomic E-state index is -0.171. The predicted molar refractivity (Wildman–Crippen MR) is 46.5 cm³/mol. The lowest BCUT2D eigenvalue weighted by Crippen LogP contribution is -2.35. The van der Waals surface area contributed by atoms with Crippen molar-refractivity contribution in [3.63, 3.8) is 0 Å². The van der Waals surface area contributed by atoms with Crippen LogP contribution >= 0.6 is 0 Å². The summed E-state index contributed by atoms with van der Waals surface area (Å²) in [7, 11) is 3.12. The van der Waals surface area contributed by atoms with Crippen LogP contribution in [0, 0.1) is 0 Å². The van der Waals surface area contributed by atoms with Crippen molar-refractivity contribution >= 4 is 11.8 Å². The number of carbonyl (C=O) groups excluding carboxylic acids is 2. The normalized spacial score (nSPS) is 9.92. The first kappa shape index (κ1) is 10.7. The van der Waals surface area contributed by atoms with Crippen LogP contribution in [0.5, 0.6) is 0 Å². The van der Waals surface area contributed by atoms with Crippen LogP contribution in [0.3, 0.4) is 0 Å². The number of carbonyl (C=O) groups is 2. The van der Waals surface area contributed by atoms with Crippen LogP contribution in [-0.4, -0.2) is 37.4 Å². The smallest absolute Gasteiger partial charge is 0.246 e. The summed E-state index contributed by atoms with van der Waals surface area (Å²) in [4.78, 5) is 23.2. The molecule has 4 heteroatoms. The van der Waals surface area contributed by atoms with Gasteiger partial charge < -0.3 is 10.2 Å². The molecule has 0 radical (unpaired) electrons. The Labute approximate surface area is 72.2 Å². The fraction of sp³-hybridized carbons (Fsp3) is 0.500. The number of nitrogens with one attached hydrogen (secondary N) is 1. The summed E-state index contributed by atoms with van der Waals surface area (Å²) >= 11 is 0. The zero-order valence-electron chi connectivity index (χ0n) is 7.63. The largest absolute Gasteiger partial charge is 0.358 e. The quantitative estimate of drug-likeness (QED) is 0.595. The Balaban J connectivity index is 3.95. The Morgan fingerprint density at radius 1 is 1.50 bits per heavy atom. The summed E-state index contributed by atoms with van der Waals surface area (Å²) in [6.07, 6.45) is 3.06. The minimum Gasteiger partial charge on any atom is -0.358 e. The Kier molecular flexibility index (Phi) is 4.76. The first-order valence-electron chi connectivity index (χ1n) is 3.70. The molecule has 0 aromatic rings. The van der Waals surface area contributed by atoms with Crippen LogP contribution in [0.15, 0.2) is 12.2 Å². The Hall–Kier alpha value is -1.32.